The Hall–Kier alpha value is -2.59. The molecule has 8 nitrogen and oxygen atoms in total. The van der Waals surface area contributed by atoms with Gasteiger partial charge in [-0.1, -0.05) is 6.07 Å². The van der Waals surface area contributed by atoms with Crippen LogP contribution in [0.3, 0.4) is 0 Å². The van der Waals surface area contributed by atoms with Crippen LogP contribution in [0.5, 0.6) is 0 Å². The highest BCUT2D eigenvalue weighted by atomic mass is 32.2. The van der Waals surface area contributed by atoms with Gasteiger partial charge in [0, 0.05) is 62.9 Å². The average Bonchev–Trinajstić information content (AvgIpc) is 2.79. The summed E-state index contributed by atoms with van der Waals surface area (Å²) in [6.07, 6.45) is 5.07. The lowest BCUT2D eigenvalue weighted by atomic mass is 9.91. The van der Waals surface area contributed by atoms with E-state index in [0.29, 0.717) is 29.7 Å². The van der Waals surface area contributed by atoms with Gasteiger partial charge in [-0.3, -0.25) is 9.78 Å². The van der Waals surface area contributed by atoms with Gasteiger partial charge in [-0.25, -0.2) is 17.8 Å². The van der Waals surface area contributed by atoms with E-state index in [2.05, 4.69) is 9.97 Å². The molecule has 2 aliphatic heterocycles. The van der Waals surface area contributed by atoms with Crippen LogP contribution in [-0.4, -0.2) is 74.5 Å². The number of halogens is 1. The molecule has 0 spiro atoms. The van der Waals surface area contributed by atoms with Crippen molar-refractivity contribution in [1.29, 1.82) is 0 Å². The van der Waals surface area contributed by atoms with E-state index in [9.17, 15) is 13.2 Å². The van der Waals surface area contributed by atoms with Gasteiger partial charge in [-0.05, 0) is 25.3 Å². The van der Waals surface area contributed by atoms with E-state index in [4.69, 9.17) is 4.74 Å². The van der Waals surface area contributed by atoms with Gasteiger partial charge < -0.3 is 14.5 Å². The number of nitrogens with zero attached hydrogens (tertiary/aromatic N) is 4. The first-order chi connectivity index (χ1) is 15.3. The Morgan fingerprint density at radius 1 is 1.25 bits per heavy atom. The van der Waals surface area contributed by atoms with Gasteiger partial charge >= 0.3 is 0 Å². The minimum Gasteiger partial charge on any atom is -0.373 e. The van der Waals surface area contributed by atoms with Crippen LogP contribution >= 0.6 is 0 Å². The van der Waals surface area contributed by atoms with Crippen molar-refractivity contribution in [2.24, 2.45) is 0 Å². The predicted molar refractivity (Wildman–Crippen MR) is 119 cm³/mol. The monoisotopic (exact) mass is 462 g/mol. The molecule has 0 radical (unpaired) electrons. The maximum atomic E-state index is 16.1. The Kier molecular flexibility index (Phi) is 6.43. The molecule has 172 valence electrons. The largest absolute Gasteiger partial charge is 0.373 e. The lowest BCUT2D eigenvalue weighted by molar-refractivity contribution is 0.0131. The maximum Gasteiger partial charge on any atom is 0.272 e. The van der Waals surface area contributed by atoms with Crippen molar-refractivity contribution in [1.82, 2.24) is 14.9 Å². The number of carbonyl (C=O) groups excluding carboxylic acids is 1. The van der Waals surface area contributed by atoms with E-state index in [1.165, 1.54) is 4.90 Å². The zero-order valence-electron chi connectivity index (χ0n) is 18.3. The van der Waals surface area contributed by atoms with Crippen molar-refractivity contribution in [3.63, 3.8) is 0 Å². The van der Waals surface area contributed by atoms with Crippen molar-refractivity contribution >= 4 is 21.6 Å². The van der Waals surface area contributed by atoms with Crippen LogP contribution in [0.25, 0.3) is 11.1 Å². The predicted octanol–water partition coefficient (Wildman–Crippen LogP) is 2.46. The molecular weight excluding hydrogens is 435 g/mol. The molecular formula is C22H27FN4O4S. The van der Waals surface area contributed by atoms with Crippen molar-refractivity contribution in [2.45, 2.75) is 25.4 Å². The summed E-state index contributed by atoms with van der Waals surface area (Å²) in [6.45, 7) is 0.755. The van der Waals surface area contributed by atoms with E-state index in [1.807, 2.05) is 0 Å². The molecule has 2 aromatic heterocycles. The number of hydrogen-bond donors (Lipinski definition) is 0. The summed E-state index contributed by atoms with van der Waals surface area (Å²) in [5.41, 5.74) is 1.37. The number of amides is 1. The Morgan fingerprint density at radius 2 is 2.00 bits per heavy atom. The SMILES string of the molecule is CN(C)C(=O)c1nc(N2CCS(=O)(=O)CC2)c(F)c(C2CCCCO2)c1-c1cccnc1. The second-order valence-electron chi connectivity index (χ2n) is 8.32. The number of ether oxygens (including phenoxy) is 1. The Labute approximate surface area is 187 Å². The topological polar surface area (TPSA) is 92.7 Å². The summed E-state index contributed by atoms with van der Waals surface area (Å²) >= 11 is 0. The van der Waals surface area contributed by atoms with Crippen LogP contribution in [0.4, 0.5) is 10.2 Å². The van der Waals surface area contributed by atoms with Crippen LogP contribution in [0.1, 0.15) is 41.4 Å². The first-order valence-electron chi connectivity index (χ1n) is 10.7. The molecule has 1 amide bonds. The van der Waals surface area contributed by atoms with Gasteiger partial charge in [0.15, 0.2) is 21.5 Å². The lowest BCUT2D eigenvalue weighted by Crippen LogP contribution is -2.41. The molecule has 2 aromatic rings. The number of sulfone groups is 1. The maximum absolute atomic E-state index is 16.1. The molecule has 2 aliphatic rings. The molecule has 10 heteroatoms. The Balaban J connectivity index is 1.95. The summed E-state index contributed by atoms with van der Waals surface area (Å²) < 4.78 is 45.9. The van der Waals surface area contributed by atoms with E-state index < -0.39 is 21.8 Å². The van der Waals surface area contributed by atoms with Crippen molar-refractivity contribution in [3.05, 3.63) is 41.6 Å². The minimum atomic E-state index is -3.16. The van der Waals surface area contributed by atoms with Crippen molar-refractivity contribution in [2.75, 3.05) is 50.2 Å². The molecule has 1 unspecified atom stereocenters. The van der Waals surface area contributed by atoms with E-state index in [0.717, 1.165) is 12.8 Å². The molecule has 1 atom stereocenters. The number of aromatic nitrogens is 2. The highest BCUT2D eigenvalue weighted by Crippen LogP contribution is 2.41. The molecule has 0 aliphatic carbocycles. The molecule has 0 bridgehead atoms. The number of anilines is 1. The molecule has 4 rings (SSSR count). The van der Waals surface area contributed by atoms with Gasteiger partial charge in [-0.15, -0.1) is 0 Å². The average molecular weight is 463 g/mol. The first-order valence-corrected chi connectivity index (χ1v) is 12.5. The summed E-state index contributed by atoms with van der Waals surface area (Å²) in [5.74, 6) is -1.09. The highest BCUT2D eigenvalue weighted by molar-refractivity contribution is 7.91. The zero-order chi connectivity index (χ0) is 22.9. The molecule has 4 heterocycles. The highest BCUT2D eigenvalue weighted by Gasteiger charge is 2.34. The number of rotatable bonds is 4. The lowest BCUT2D eigenvalue weighted by Gasteiger charge is -2.32. The Bertz CT molecular complexity index is 1090. The van der Waals surface area contributed by atoms with Gasteiger partial charge in [0.05, 0.1) is 17.6 Å². The van der Waals surface area contributed by atoms with Crippen LogP contribution in [-0.2, 0) is 14.6 Å². The van der Waals surface area contributed by atoms with E-state index in [-0.39, 0.29) is 42.0 Å². The summed E-state index contributed by atoms with van der Waals surface area (Å²) in [5, 5.41) is 0. The van der Waals surface area contributed by atoms with Gasteiger partial charge in [-0.2, -0.15) is 0 Å². The molecule has 2 saturated heterocycles. The van der Waals surface area contributed by atoms with Crippen LogP contribution in [0.2, 0.25) is 0 Å². The van der Waals surface area contributed by atoms with Crippen molar-refractivity contribution < 1.29 is 22.3 Å². The fourth-order valence-electron chi connectivity index (χ4n) is 4.14. The third-order valence-corrected chi connectivity index (χ3v) is 7.47. The zero-order valence-corrected chi connectivity index (χ0v) is 19.1. The van der Waals surface area contributed by atoms with E-state index in [1.54, 1.807) is 43.5 Å². The van der Waals surface area contributed by atoms with Crippen LogP contribution < -0.4 is 4.90 Å². The summed E-state index contributed by atoms with van der Waals surface area (Å²) in [4.78, 5) is 24.8. The number of carbonyl (C=O) groups is 1. The summed E-state index contributed by atoms with van der Waals surface area (Å²) in [7, 11) is 0.0726. The number of pyridine rings is 2. The standard InChI is InChI=1S/C22H27FN4O4S/c1-26(2)22(28)20-17(15-6-5-8-24-14-15)18(16-7-3-4-11-31-16)19(23)21(25-20)27-9-12-32(29,30)13-10-27/h5-6,8,14,16H,3-4,7,9-13H2,1-2H3. The summed E-state index contributed by atoms with van der Waals surface area (Å²) in [6, 6.07) is 3.50. The minimum absolute atomic E-state index is 0.00177. The second kappa shape index (κ2) is 9.11. The number of hydrogen-bond acceptors (Lipinski definition) is 7. The third-order valence-electron chi connectivity index (χ3n) is 5.86. The first kappa shape index (κ1) is 22.6. The van der Waals surface area contributed by atoms with Crippen LogP contribution in [0, 0.1) is 5.82 Å². The van der Waals surface area contributed by atoms with Crippen molar-refractivity contribution in [3.8, 4) is 11.1 Å². The van der Waals surface area contributed by atoms with Gasteiger partial charge in [0.1, 0.15) is 5.69 Å². The third kappa shape index (κ3) is 4.47. The van der Waals surface area contributed by atoms with E-state index >= 15 is 4.39 Å². The molecule has 0 N–H and O–H groups in total. The fourth-order valence-corrected chi connectivity index (χ4v) is 5.34. The molecule has 0 saturated carbocycles. The normalized spacial score (nSPS) is 20.7. The molecule has 0 aromatic carbocycles. The molecule has 2 fully saturated rings. The molecule has 32 heavy (non-hydrogen) atoms. The quantitative estimate of drug-likeness (QED) is 0.689. The van der Waals surface area contributed by atoms with Crippen LogP contribution in [0.15, 0.2) is 24.5 Å². The Morgan fingerprint density at radius 3 is 2.59 bits per heavy atom. The second-order valence-corrected chi connectivity index (χ2v) is 10.6. The smallest absolute Gasteiger partial charge is 0.272 e. The van der Waals surface area contributed by atoms with Gasteiger partial charge in [0.2, 0.25) is 0 Å². The fraction of sp³-hybridized carbons (Fsp3) is 0.500. The van der Waals surface area contributed by atoms with Gasteiger partial charge in [0.25, 0.3) is 5.91 Å².